The molecule has 2 heterocycles. The lowest BCUT2D eigenvalue weighted by atomic mass is 10.2. The fourth-order valence-electron chi connectivity index (χ4n) is 3.99. The molecule has 176 valence electrons. The number of hydrogen-bond acceptors (Lipinski definition) is 6. The summed E-state index contributed by atoms with van der Waals surface area (Å²) in [6.45, 7) is 3.72. The van der Waals surface area contributed by atoms with E-state index in [0.29, 0.717) is 44.0 Å². The van der Waals surface area contributed by atoms with Crippen LogP contribution in [0.2, 0.25) is 0 Å². The van der Waals surface area contributed by atoms with E-state index in [-0.39, 0.29) is 40.0 Å². The standard InChI is InChI=1S/C23H26FN3O4S2/c1-2-20-23(29)25-18-15-16(7-8-21(18)32-20)33(30,31)14-9-22(28)27-12-10-26(11-13-27)19-6-4-3-5-17(19)24/h3-8,15,20H,2,9-14H2,1H3,(H,25,29). The van der Waals surface area contributed by atoms with Crippen molar-refractivity contribution >= 4 is 44.8 Å². The van der Waals surface area contributed by atoms with Gasteiger partial charge in [0.25, 0.3) is 0 Å². The zero-order valence-electron chi connectivity index (χ0n) is 18.3. The highest BCUT2D eigenvalue weighted by Crippen LogP contribution is 2.38. The molecular formula is C23H26FN3O4S2. The molecule has 2 aromatic carbocycles. The number of para-hydroxylation sites is 1. The van der Waals surface area contributed by atoms with Crippen LogP contribution in [0.1, 0.15) is 19.8 Å². The third kappa shape index (κ3) is 5.16. The van der Waals surface area contributed by atoms with E-state index in [1.807, 2.05) is 11.8 Å². The first kappa shape index (κ1) is 23.6. The summed E-state index contributed by atoms with van der Waals surface area (Å²) >= 11 is 1.43. The van der Waals surface area contributed by atoms with E-state index in [9.17, 15) is 22.4 Å². The van der Waals surface area contributed by atoms with Gasteiger partial charge in [0.1, 0.15) is 5.82 Å². The van der Waals surface area contributed by atoms with Crippen LogP contribution in [0, 0.1) is 5.82 Å². The van der Waals surface area contributed by atoms with Crippen LogP contribution in [-0.2, 0) is 19.4 Å². The Labute approximate surface area is 197 Å². The van der Waals surface area contributed by atoms with E-state index in [1.54, 1.807) is 29.2 Å². The second-order valence-electron chi connectivity index (χ2n) is 8.05. The SMILES string of the molecule is CCC1Sc2ccc(S(=O)(=O)CCC(=O)N3CCN(c4ccccc4F)CC3)cc2NC1=O. The molecule has 2 aliphatic heterocycles. The van der Waals surface area contributed by atoms with Gasteiger partial charge in [0.05, 0.1) is 27.3 Å². The highest BCUT2D eigenvalue weighted by molar-refractivity contribution is 8.01. The zero-order valence-corrected chi connectivity index (χ0v) is 19.9. The summed E-state index contributed by atoms with van der Waals surface area (Å²) in [6, 6.07) is 11.2. The molecule has 1 saturated heterocycles. The third-order valence-corrected chi connectivity index (χ3v) is 9.07. The molecule has 10 heteroatoms. The molecule has 4 rings (SSSR count). The number of halogens is 1. The fourth-order valence-corrected chi connectivity index (χ4v) is 6.27. The minimum absolute atomic E-state index is 0.0919. The van der Waals surface area contributed by atoms with Gasteiger partial charge in [-0.3, -0.25) is 9.59 Å². The Balaban J connectivity index is 1.34. The molecule has 0 aromatic heterocycles. The Bertz CT molecular complexity index is 1160. The van der Waals surface area contributed by atoms with Crippen LogP contribution in [0.3, 0.4) is 0 Å². The molecule has 1 N–H and O–H groups in total. The number of hydrogen-bond donors (Lipinski definition) is 1. The first-order chi connectivity index (χ1) is 15.8. The van der Waals surface area contributed by atoms with Gasteiger partial charge in [-0.2, -0.15) is 0 Å². The number of fused-ring (bicyclic) bond motifs is 1. The van der Waals surface area contributed by atoms with Crippen molar-refractivity contribution in [3.63, 3.8) is 0 Å². The lowest BCUT2D eigenvalue weighted by Crippen LogP contribution is -2.49. The van der Waals surface area contributed by atoms with Crippen LogP contribution in [0.4, 0.5) is 15.8 Å². The van der Waals surface area contributed by atoms with Crippen molar-refractivity contribution < 1.29 is 22.4 Å². The molecular weight excluding hydrogens is 465 g/mol. The predicted octanol–water partition coefficient (Wildman–Crippen LogP) is 3.16. The Hall–Kier alpha value is -2.59. The van der Waals surface area contributed by atoms with Gasteiger partial charge < -0.3 is 15.1 Å². The molecule has 2 aliphatic rings. The summed E-state index contributed by atoms with van der Waals surface area (Å²) in [6.07, 6.45) is 0.560. The van der Waals surface area contributed by atoms with Gasteiger partial charge in [-0.1, -0.05) is 19.1 Å². The number of sulfone groups is 1. The Kier molecular flexibility index (Phi) is 6.94. The van der Waals surface area contributed by atoms with Crippen molar-refractivity contribution in [2.75, 3.05) is 42.1 Å². The molecule has 0 saturated carbocycles. The smallest absolute Gasteiger partial charge is 0.237 e. The number of anilines is 2. The van der Waals surface area contributed by atoms with E-state index < -0.39 is 9.84 Å². The molecule has 0 spiro atoms. The van der Waals surface area contributed by atoms with Crippen LogP contribution in [0.15, 0.2) is 52.3 Å². The molecule has 0 bridgehead atoms. The van der Waals surface area contributed by atoms with Gasteiger partial charge in [0.2, 0.25) is 11.8 Å². The summed E-state index contributed by atoms with van der Waals surface area (Å²) in [7, 11) is -3.69. The number of nitrogens with one attached hydrogen (secondary N) is 1. The summed E-state index contributed by atoms with van der Waals surface area (Å²) in [4.78, 5) is 29.2. The summed E-state index contributed by atoms with van der Waals surface area (Å²) < 4.78 is 39.7. The molecule has 1 fully saturated rings. The number of rotatable bonds is 6. The van der Waals surface area contributed by atoms with Gasteiger partial charge in [0, 0.05) is 37.5 Å². The average molecular weight is 492 g/mol. The van der Waals surface area contributed by atoms with Gasteiger partial charge in [-0.25, -0.2) is 12.8 Å². The lowest BCUT2D eigenvalue weighted by Gasteiger charge is -2.36. The summed E-state index contributed by atoms with van der Waals surface area (Å²) in [5.41, 5.74) is 1.00. The van der Waals surface area contributed by atoms with E-state index >= 15 is 0 Å². The maximum absolute atomic E-state index is 14.0. The van der Waals surface area contributed by atoms with Crippen molar-refractivity contribution in [1.29, 1.82) is 0 Å². The van der Waals surface area contributed by atoms with Crippen LogP contribution >= 0.6 is 11.8 Å². The number of amides is 2. The first-order valence-electron chi connectivity index (χ1n) is 10.9. The van der Waals surface area contributed by atoms with Crippen molar-refractivity contribution in [2.24, 2.45) is 0 Å². The Morgan fingerprint density at radius 1 is 1.15 bits per heavy atom. The third-order valence-electron chi connectivity index (χ3n) is 5.91. The number of piperazine rings is 1. The van der Waals surface area contributed by atoms with Gasteiger partial charge in [-0.05, 0) is 36.8 Å². The Morgan fingerprint density at radius 3 is 2.58 bits per heavy atom. The van der Waals surface area contributed by atoms with Gasteiger partial charge >= 0.3 is 0 Å². The summed E-state index contributed by atoms with van der Waals surface area (Å²) in [5.74, 6) is -0.974. The molecule has 2 amide bonds. The van der Waals surface area contributed by atoms with E-state index in [0.717, 1.165) is 4.90 Å². The topological polar surface area (TPSA) is 86.8 Å². The van der Waals surface area contributed by atoms with Crippen LogP contribution < -0.4 is 10.2 Å². The van der Waals surface area contributed by atoms with E-state index in [1.165, 1.54) is 30.0 Å². The molecule has 7 nitrogen and oxygen atoms in total. The number of carbonyl (C=O) groups is 2. The summed E-state index contributed by atoms with van der Waals surface area (Å²) in [5, 5.41) is 2.60. The quantitative estimate of drug-likeness (QED) is 0.668. The second-order valence-corrected chi connectivity index (χ2v) is 11.4. The molecule has 2 aromatic rings. The maximum atomic E-state index is 14.0. The number of nitrogens with zero attached hydrogens (tertiary/aromatic N) is 2. The van der Waals surface area contributed by atoms with Gasteiger partial charge in [-0.15, -0.1) is 11.8 Å². The minimum atomic E-state index is -3.69. The average Bonchev–Trinajstić information content (AvgIpc) is 2.82. The van der Waals surface area contributed by atoms with Crippen LogP contribution in [-0.4, -0.2) is 62.3 Å². The van der Waals surface area contributed by atoms with Crippen molar-refractivity contribution in [2.45, 2.75) is 34.8 Å². The molecule has 1 unspecified atom stereocenters. The van der Waals surface area contributed by atoms with E-state index in [4.69, 9.17) is 0 Å². The minimum Gasteiger partial charge on any atom is -0.366 e. The number of thioether (sulfide) groups is 1. The number of carbonyl (C=O) groups excluding carboxylic acids is 2. The lowest BCUT2D eigenvalue weighted by molar-refractivity contribution is -0.131. The number of benzene rings is 2. The van der Waals surface area contributed by atoms with E-state index in [2.05, 4.69) is 5.32 Å². The van der Waals surface area contributed by atoms with Crippen molar-refractivity contribution in [1.82, 2.24) is 4.90 Å². The zero-order chi connectivity index (χ0) is 23.6. The maximum Gasteiger partial charge on any atom is 0.237 e. The van der Waals surface area contributed by atoms with Crippen molar-refractivity contribution in [3.8, 4) is 0 Å². The molecule has 33 heavy (non-hydrogen) atoms. The van der Waals surface area contributed by atoms with Crippen molar-refractivity contribution in [3.05, 3.63) is 48.3 Å². The molecule has 0 radical (unpaired) electrons. The normalized spacial score (nSPS) is 18.6. The van der Waals surface area contributed by atoms with Crippen LogP contribution in [0.5, 0.6) is 0 Å². The largest absolute Gasteiger partial charge is 0.366 e. The van der Waals surface area contributed by atoms with Crippen LogP contribution in [0.25, 0.3) is 0 Å². The monoisotopic (exact) mass is 491 g/mol. The Morgan fingerprint density at radius 2 is 1.88 bits per heavy atom. The first-order valence-corrected chi connectivity index (χ1v) is 13.4. The highest BCUT2D eigenvalue weighted by atomic mass is 32.2. The predicted molar refractivity (Wildman–Crippen MR) is 127 cm³/mol. The van der Waals surface area contributed by atoms with Gasteiger partial charge in [0.15, 0.2) is 9.84 Å². The second kappa shape index (κ2) is 9.72. The highest BCUT2D eigenvalue weighted by Gasteiger charge is 2.28. The molecule has 0 aliphatic carbocycles. The fraction of sp³-hybridized carbons (Fsp3) is 0.391. The molecule has 1 atom stereocenters.